The highest BCUT2D eigenvalue weighted by Gasteiger charge is 2.44. The topological polar surface area (TPSA) is 73.2 Å². The lowest BCUT2D eigenvalue weighted by atomic mass is 10.0. The van der Waals surface area contributed by atoms with Crippen molar-refractivity contribution < 1.29 is 27.5 Å². The van der Waals surface area contributed by atoms with Gasteiger partial charge in [-0.05, 0) is 6.42 Å². The molecule has 9 heteroatoms. The molecule has 1 rings (SSSR count). The van der Waals surface area contributed by atoms with Crippen molar-refractivity contribution in [2.75, 3.05) is 13.7 Å². The smallest absolute Gasteiger partial charge is 0.399 e. The number of aromatic nitrogens is 2. The summed E-state index contributed by atoms with van der Waals surface area (Å²) in [6, 6.07) is 0. The van der Waals surface area contributed by atoms with E-state index in [0.29, 0.717) is 6.42 Å². The molecule has 1 heterocycles. The third-order valence-corrected chi connectivity index (χ3v) is 3.04. The van der Waals surface area contributed by atoms with Gasteiger partial charge in [-0.2, -0.15) is 13.2 Å². The Morgan fingerprint density at radius 3 is 2.70 bits per heavy atom. The Morgan fingerprint density at radius 1 is 1.48 bits per heavy atom. The van der Waals surface area contributed by atoms with Crippen LogP contribution in [0.5, 0.6) is 0 Å². The first-order chi connectivity index (χ1) is 10.8. The number of imidazole rings is 1. The van der Waals surface area contributed by atoms with Crippen molar-refractivity contribution in [3.05, 3.63) is 30.4 Å². The third kappa shape index (κ3) is 6.13. The van der Waals surface area contributed by atoms with Crippen LogP contribution in [-0.4, -0.2) is 41.3 Å². The summed E-state index contributed by atoms with van der Waals surface area (Å²) in [5.74, 6) is -3.45. The van der Waals surface area contributed by atoms with Crippen LogP contribution in [0.4, 0.5) is 13.2 Å². The zero-order valence-corrected chi connectivity index (χ0v) is 12.8. The van der Waals surface area contributed by atoms with Gasteiger partial charge in [-0.1, -0.05) is 6.08 Å². The van der Waals surface area contributed by atoms with E-state index in [9.17, 15) is 22.8 Å². The maximum absolute atomic E-state index is 13.1. The average Bonchev–Trinajstić information content (AvgIpc) is 2.88. The van der Waals surface area contributed by atoms with Crippen LogP contribution < -0.4 is 5.32 Å². The molecule has 0 saturated heterocycles. The minimum absolute atomic E-state index is 0.122. The fourth-order valence-corrected chi connectivity index (χ4v) is 1.87. The van der Waals surface area contributed by atoms with Crippen LogP contribution in [0.2, 0.25) is 0 Å². The van der Waals surface area contributed by atoms with Gasteiger partial charge < -0.3 is 14.6 Å². The van der Waals surface area contributed by atoms with E-state index in [1.807, 2.05) is 0 Å². The number of hydrogen-bond acceptors (Lipinski definition) is 4. The second-order valence-corrected chi connectivity index (χ2v) is 4.76. The molecule has 0 aliphatic carbocycles. The highest BCUT2D eigenvalue weighted by molar-refractivity contribution is 5.81. The monoisotopic (exact) mass is 333 g/mol. The molecule has 128 valence electrons. The Hall–Kier alpha value is -2.32. The number of methoxy groups -OCH3 is 1. The molecule has 0 bridgehead atoms. The van der Waals surface area contributed by atoms with Crippen molar-refractivity contribution in [3.63, 3.8) is 0 Å². The molecule has 0 aromatic carbocycles. The molecule has 0 saturated carbocycles. The van der Waals surface area contributed by atoms with E-state index in [2.05, 4.69) is 15.0 Å². The van der Waals surface area contributed by atoms with Crippen LogP contribution >= 0.6 is 0 Å². The van der Waals surface area contributed by atoms with Crippen molar-refractivity contribution in [1.82, 2.24) is 14.9 Å². The Kier molecular flexibility index (Phi) is 6.80. The highest BCUT2D eigenvalue weighted by Crippen LogP contribution is 2.36. The molecular formula is C14H18F3N3O3. The lowest BCUT2D eigenvalue weighted by Crippen LogP contribution is -2.32. The van der Waals surface area contributed by atoms with Crippen molar-refractivity contribution in [3.8, 4) is 0 Å². The number of hydrogen-bond donors (Lipinski definition) is 1. The number of esters is 1. The Bertz CT molecular complexity index is 567. The molecule has 0 aliphatic rings. The van der Waals surface area contributed by atoms with Crippen molar-refractivity contribution in [1.29, 1.82) is 0 Å². The second kappa shape index (κ2) is 8.35. The van der Waals surface area contributed by atoms with E-state index in [-0.39, 0.29) is 12.4 Å². The molecule has 1 atom stereocenters. The molecule has 6 nitrogen and oxygen atoms in total. The summed E-state index contributed by atoms with van der Waals surface area (Å²) in [6.45, 7) is 0.122. The van der Waals surface area contributed by atoms with E-state index in [1.165, 1.54) is 43.3 Å². The Morgan fingerprint density at radius 2 is 2.17 bits per heavy atom. The molecule has 0 spiro atoms. The Balaban J connectivity index is 2.54. The number of carbonyl (C=O) groups is 2. The van der Waals surface area contributed by atoms with Crippen LogP contribution in [0, 0.1) is 0 Å². The largest absolute Gasteiger partial charge is 0.466 e. The number of nitrogens with one attached hydrogen (secondary N) is 1. The summed E-state index contributed by atoms with van der Waals surface area (Å²) in [5.41, 5.74) is 0. The summed E-state index contributed by atoms with van der Waals surface area (Å²) in [7, 11) is 2.67. The van der Waals surface area contributed by atoms with Gasteiger partial charge in [-0.25, -0.2) is 9.78 Å². The number of nitrogens with zero attached hydrogens (tertiary/aromatic N) is 2. The zero-order valence-electron chi connectivity index (χ0n) is 12.8. The van der Waals surface area contributed by atoms with Gasteiger partial charge in [0.05, 0.1) is 7.11 Å². The summed E-state index contributed by atoms with van der Waals surface area (Å²) in [4.78, 5) is 26.2. The summed E-state index contributed by atoms with van der Waals surface area (Å²) >= 11 is 0. The molecule has 23 heavy (non-hydrogen) atoms. The van der Waals surface area contributed by atoms with Gasteiger partial charge in [0.25, 0.3) is 0 Å². The average molecular weight is 333 g/mol. The molecule has 1 amide bonds. The SMILES string of the molecule is COC(=O)/C=C/CCNC(=O)CC(c1nccn1C)C(F)(F)F. The first-order valence-corrected chi connectivity index (χ1v) is 6.80. The predicted octanol–water partition coefficient (Wildman–Crippen LogP) is 1.69. The molecule has 1 aromatic rings. The zero-order chi connectivity index (χ0) is 17.5. The fourth-order valence-electron chi connectivity index (χ4n) is 1.87. The van der Waals surface area contributed by atoms with Crippen LogP contribution in [0.25, 0.3) is 0 Å². The number of rotatable bonds is 7. The normalized spacial score (nSPS) is 13.1. The highest BCUT2D eigenvalue weighted by atomic mass is 19.4. The third-order valence-electron chi connectivity index (χ3n) is 3.04. The molecule has 0 radical (unpaired) electrons. The molecule has 1 N–H and O–H groups in total. The minimum Gasteiger partial charge on any atom is -0.466 e. The van der Waals surface area contributed by atoms with E-state index in [0.717, 1.165) is 0 Å². The van der Waals surface area contributed by atoms with Crippen LogP contribution in [0.15, 0.2) is 24.5 Å². The maximum atomic E-state index is 13.1. The first kappa shape index (κ1) is 18.7. The van der Waals surface area contributed by atoms with E-state index < -0.39 is 30.4 Å². The number of carbonyl (C=O) groups excluding carboxylic acids is 2. The lowest BCUT2D eigenvalue weighted by Gasteiger charge is -2.19. The van der Waals surface area contributed by atoms with Crippen molar-refractivity contribution in [2.45, 2.75) is 24.9 Å². The number of aryl methyl sites for hydroxylation is 1. The van der Waals surface area contributed by atoms with Gasteiger partial charge >= 0.3 is 12.1 Å². The number of alkyl halides is 3. The van der Waals surface area contributed by atoms with Crippen LogP contribution in [0.1, 0.15) is 24.6 Å². The van der Waals surface area contributed by atoms with Gasteiger partial charge in [-0.15, -0.1) is 0 Å². The lowest BCUT2D eigenvalue weighted by molar-refractivity contribution is -0.159. The van der Waals surface area contributed by atoms with Gasteiger partial charge in [-0.3, -0.25) is 4.79 Å². The summed E-state index contributed by atoms with van der Waals surface area (Å²) in [5, 5.41) is 2.38. The van der Waals surface area contributed by atoms with Crippen LogP contribution in [0.3, 0.4) is 0 Å². The standard InChI is InChI=1S/C14H18F3N3O3/c1-20-8-7-19-13(20)10(14(15,16)17)9-11(21)18-6-4-3-5-12(22)23-2/h3,5,7-8,10H,4,6,9H2,1-2H3,(H,18,21)/b5-3+. The van der Waals surface area contributed by atoms with E-state index >= 15 is 0 Å². The molecule has 0 aliphatic heterocycles. The van der Waals surface area contributed by atoms with E-state index in [4.69, 9.17) is 0 Å². The molecular weight excluding hydrogens is 315 g/mol. The van der Waals surface area contributed by atoms with Crippen LogP contribution in [-0.2, 0) is 21.4 Å². The van der Waals surface area contributed by atoms with Gasteiger partial charge in [0, 0.05) is 38.5 Å². The van der Waals surface area contributed by atoms with Gasteiger partial charge in [0.15, 0.2) is 0 Å². The summed E-state index contributed by atoms with van der Waals surface area (Å²) < 4.78 is 44.9. The quantitative estimate of drug-likeness (QED) is 0.468. The first-order valence-electron chi connectivity index (χ1n) is 6.80. The van der Waals surface area contributed by atoms with Crippen molar-refractivity contribution >= 4 is 11.9 Å². The van der Waals surface area contributed by atoms with E-state index in [1.54, 1.807) is 0 Å². The summed E-state index contributed by atoms with van der Waals surface area (Å²) in [6.07, 6.45) is 0.286. The number of ether oxygens (including phenoxy) is 1. The number of amides is 1. The van der Waals surface area contributed by atoms with Gasteiger partial charge in [0.1, 0.15) is 11.7 Å². The molecule has 1 aromatic heterocycles. The number of halogens is 3. The molecule has 1 unspecified atom stereocenters. The maximum Gasteiger partial charge on any atom is 0.399 e. The predicted molar refractivity (Wildman–Crippen MR) is 75.4 cm³/mol. The van der Waals surface area contributed by atoms with Gasteiger partial charge in [0.2, 0.25) is 5.91 Å². The molecule has 0 fully saturated rings. The second-order valence-electron chi connectivity index (χ2n) is 4.76. The van der Waals surface area contributed by atoms with Crippen molar-refractivity contribution in [2.24, 2.45) is 7.05 Å². The Labute approximate surface area is 131 Å². The minimum atomic E-state index is -4.57. The fraction of sp³-hybridized carbons (Fsp3) is 0.500.